The number of carboxylic acid groups (broad SMARTS) is 1. The molecule has 0 aromatic carbocycles. The third-order valence-corrected chi connectivity index (χ3v) is 4.99. The molecule has 18 heavy (non-hydrogen) atoms. The van der Waals surface area contributed by atoms with Crippen LogP contribution in [-0.4, -0.2) is 29.1 Å². The van der Waals surface area contributed by atoms with Gasteiger partial charge in [0.1, 0.15) is 4.88 Å². The summed E-state index contributed by atoms with van der Waals surface area (Å²) in [5, 5.41) is 10.1. The zero-order valence-electron chi connectivity index (χ0n) is 11.1. The van der Waals surface area contributed by atoms with Gasteiger partial charge in [-0.1, -0.05) is 25.2 Å². The second-order valence-electron chi connectivity index (χ2n) is 5.02. The Labute approximate surface area is 112 Å². The van der Waals surface area contributed by atoms with E-state index in [0.29, 0.717) is 10.9 Å². The molecule has 1 unspecified atom stereocenters. The molecule has 1 atom stereocenters. The molecule has 1 heterocycles. The Morgan fingerprint density at radius 1 is 1.61 bits per heavy atom. The Balaban J connectivity index is 2.29. The van der Waals surface area contributed by atoms with Crippen LogP contribution in [0.5, 0.6) is 0 Å². The van der Waals surface area contributed by atoms with E-state index in [2.05, 4.69) is 16.8 Å². The van der Waals surface area contributed by atoms with Crippen molar-refractivity contribution in [3.8, 4) is 0 Å². The monoisotopic (exact) mass is 268 g/mol. The third kappa shape index (κ3) is 2.36. The summed E-state index contributed by atoms with van der Waals surface area (Å²) in [7, 11) is 2.02. The average molecular weight is 268 g/mol. The van der Waals surface area contributed by atoms with Crippen molar-refractivity contribution in [2.45, 2.75) is 51.5 Å². The van der Waals surface area contributed by atoms with E-state index in [1.54, 1.807) is 0 Å². The molecule has 2 rings (SSSR count). The van der Waals surface area contributed by atoms with Crippen molar-refractivity contribution >= 4 is 22.4 Å². The summed E-state index contributed by atoms with van der Waals surface area (Å²) in [6.07, 6.45) is 4.56. The molecule has 1 fully saturated rings. The molecule has 0 radical (unpaired) electrons. The number of nitrogens with zero attached hydrogens (tertiary/aromatic N) is 2. The molecule has 4 nitrogen and oxygen atoms in total. The van der Waals surface area contributed by atoms with Crippen molar-refractivity contribution in [3.63, 3.8) is 0 Å². The van der Waals surface area contributed by atoms with Gasteiger partial charge in [0.05, 0.1) is 5.69 Å². The highest BCUT2D eigenvalue weighted by atomic mass is 32.1. The summed E-state index contributed by atoms with van der Waals surface area (Å²) in [5.74, 6) is -0.646. The lowest BCUT2D eigenvalue weighted by Gasteiger charge is -2.34. The number of hydrogen-bond donors (Lipinski definition) is 1. The van der Waals surface area contributed by atoms with E-state index < -0.39 is 5.97 Å². The maximum atomic E-state index is 11.3. The number of thiazole rings is 1. The fourth-order valence-electron chi connectivity index (χ4n) is 2.08. The van der Waals surface area contributed by atoms with Gasteiger partial charge in [-0.05, 0) is 31.6 Å². The Bertz CT molecular complexity index is 440. The molecule has 1 N–H and O–H groups in total. The van der Waals surface area contributed by atoms with E-state index in [1.165, 1.54) is 30.6 Å². The summed E-state index contributed by atoms with van der Waals surface area (Å²) in [6.45, 7) is 4.10. The first-order valence-corrected chi connectivity index (χ1v) is 7.33. The Morgan fingerprint density at radius 2 is 2.28 bits per heavy atom. The van der Waals surface area contributed by atoms with Gasteiger partial charge in [-0.25, -0.2) is 9.78 Å². The first-order chi connectivity index (χ1) is 8.54. The quantitative estimate of drug-likeness (QED) is 0.889. The molecule has 1 aromatic rings. The topological polar surface area (TPSA) is 53.4 Å². The van der Waals surface area contributed by atoms with Crippen LogP contribution >= 0.6 is 11.3 Å². The van der Waals surface area contributed by atoms with Gasteiger partial charge in [0.15, 0.2) is 5.13 Å². The van der Waals surface area contributed by atoms with Crippen molar-refractivity contribution in [1.82, 2.24) is 4.98 Å². The van der Waals surface area contributed by atoms with Gasteiger partial charge in [0.2, 0.25) is 0 Å². The number of rotatable bonds is 5. The van der Waals surface area contributed by atoms with Crippen molar-refractivity contribution in [2.24, 2.45) is 0 Å². The number of aromatic nitrogens is 1. The number of aromatic carboxylic acids is 1. The minimum absolute atomic E-state index is 0.205. The van der Waals surface area contributed by atoms with E-state index in [1.807, 2.05) is 14.0 Å². The Kier molecular flexibility index (Phi) is 3.90. The Morgan fingerprint density at radius 3 is 2.72 bits per heavy atom. The highest BCUT2D eigenvalue weighted by Gasteiger charge is 2.27. The molecule has 0 spiro atoms. The van der Waals surface area contributed by atoms with Crippen LogP contribution in [0.25, 0.3) is 0 Å². The average Bonchev–Trinajstić information content (AvgIpc) is 2.70. The molecule has 0 aliphatic heterocycles. The zero-order valence-corrected chi connectivity index (χ0v) is 12.0. The van der Waals surface area contributed by atoms with Crippen LogP contribution in [0.4, 0.5) is 5.13 Å². The number of hydrogen-bond acceptors (Lipinski definition) is 4. The molecular weight excluding hydrogens is 248 g/mol. The van der Waals surface area contributed by atoms with E-state index in [-0.39, 0.29) is 5.92 Å². The molecule has 0 amide bonds. The summed E-state index contributed by atoms with van der Waals surface area (Å²) < 4.78 is 0. The lowest BCUT2D eigenvalue weighted by Crippen LogP contribution is -2.37. The van der Waals surface area contributed by atoms with E-state index in [4.69, 9.17) is 0 Å². The predicted molar refractivity (Wildman–Crippen MR) is 73.8 cm³/mol. The second-order valence-corrected chi connectivity index (χ2v) is 6.00. The highest BCUT2D eigenvalue weighted by Crippen LogP contribution is 2.35. The minimum Gasteiger partial charge on any atom is -0.477 e. The van der Waals surface area contributed by atoms with Crippen LogP contribution in [0.1, 0.15) is 60.8 Å². The van der Waals surface area contributed by atoms with E-state index >= 15 is 0 Å². The third-order valence-electron chi connectivity index (χ3n) is 3.84. The van der Waals surface area contributed by atoms with Crippen molar-refractivity contribution < 1.29 is 9.90 Å². The molecule has 5 heteroatoms. The predicted octanol–water partition coefficient (Wildman–Crippen LogP) is 3.34. The second kappa shape index (κ2) is 5.26. The van der Waals surface area contributed by atoms with E-state index in [0.717, 1.165) is 17.2 Å². The Hall–Kier alpha value is -1.10. The first-order valence-electron chi connectivity index (χ1n) is 6.51. The SMILES string of the molecule is CCC(C)c1nc(N(C)C2CCC2)sc1C(=O)O. The molecule has 1 aromatic heterocycles. The van der Waals surface area contributed by atoms with Crippen LogP contribution in [0, 0.1) is 0 Å². The molecule has 1 saturated carbocycles. The van der Waals surface area contributed by atoms with Gasteiger partial charge in [-0.2, -0.15) is 0 Å². The van der Waals surface area contributed by atoms with Gasteiger partial charge >= 0.3 is 5.97 Å². The number of anilines is 1. The van der Waals surface area contributed by atoms with Crippen LogP contribution in [0.15, 0.2) is 0 Å². The standard InChI is InChI=1S/C13H20N2O2S/c1-4-8(2)10-11(12(16)17)18-13(14-10)15(3)9-6-5-7-9/h8-9H,4-7H2,1-3H3,(H,16,17). The van der Waals surface area contributed by atoms with Crippen LogP contribution < -0.4 is 4.90 Å². The minimum atomic E-state index is -0.851. The summed E-state index contributed by atoms with van der Waals surface area (Å²) in [5.41, 5.74) is 0.746. The lowest BCUT2D eigenvalue weighted by molar-refractivity contribution is 0.0700. The maximum absolute atomic E-state index is 11.3. The van der Waals surface area contributed by atoms with Gasteiger partial charge in [-0.3, -0.25) is 0 Å². The van der Waals surface area contributed by atoms with Crippen molar-refractivity contribution in [1.29, 1.82) is 0 Å². The van der Waals surface area contributed by atoms with Gasteiger partial charge in [0.25, 0.3) is 0 Å². The largest absolute Gasteiger partial charge is 0.477 e. The van der Waals surface area contributed by atoms with Gasteiger partial charge in [-0.15, -0.1) is 0 Å². The zero-order chi connectivity index (χ0) is 13.3. The van der Waals surface area contributed by atoms with E-state index in [9.17, 15) is 9.90 Å². The van der Waals surface area contributed by atoms with Crippen LogP contribution in [0.3, 0.4) is 0 Å². The first kappa shape index (κ1) is 13.3. The molecule has 0 bridgehead atoms. The highest BCUT2D eigenvalue weighted by molar-refractivity contribution is 7.17. The smallest absolute Gasteiger partial charge is 0.347 e. The van der Waals surface area contributed by atoms with Gasteiger partial charge in [0, 0.05) is 13.1 Å². The number of carbonyl (C=O) groups is 1. The summed E-state index contributed by atoms with van der Waals surface area (Å²) in [6, 6.07) is 0.544. The van der Waals surface area contributed by atoms with Crippen molar-refractivity contribution in [2.75, 3.05) is 11.9 Å². The van der Waals surface area contributed by atoms with Crippen LogP contribution in [-0.2, 0) is 0 Å². The van der Waals surface area contributed by atoms with Gasteiger partial charge < -0.3 is 10.0 Å². The fourth-order valence-corrected chi connectivity index (χ4v) is 3.14. The summed E-state index contributed by atoms with van der Waals surface area (Å²) in [4.78, 5) is 18.4. The normalized spacial score (nSPS) is 17.3. The molecule has 1 aliphatic rings. The molecule has 1 aliphatic carbocycles. The molecule has 0 saturated heterocycles. The van der Waals surface area contributed by atoms with Crippen molar-refractivity contribution in [3.05, 3.63) is 10.6 Å². The van der Waals surface area contributed by atoms with Crippen LogP contribution in [0.2, 0.25) is 0 Å². The maximum Gasteiger partial charge on any atom is 0.347 e. The molecule has 100 valence electrons. The lowest BCUT2D eigenvalue weighted by atomic mass is 9.92. The fraction of sp³-hybridized carbons (Fsp3) is 0.692. The number of carboxylic acids is 1. The summed E-state index contributed by atoms with van der Waals surface area (Å²) >= 11 is 1.31. The molecular formula is C13H20N2O2S.